The Balaban J connectivity index is 1.51. The summed E-state index contributed by atoms with van der Waals surface area (Å²) in [6, 6.07) is 0. The molecule has 0 aliphatic heterocycles. The lowest BCUT2D eigenvalue weighted by Crippen LogP contribution is -2.51. The van der Waals surface area contributed by atoms with Crippen LogP contribution in [-0.4, -0.2) is 43.0 Å². The minimum absolute atomic E-state index is 0.223. The van der Waals surface area contributed by atoms with E-state index in [0.717, 1.165) is 37.3 Å². The molecule has 0 aromatic carbocycles. The van der Waals surface area contributed by atoms with E-state index in [1.807, 2.05) is 27.1 Å². The van der Waals surface area contributed by atoms with Gasteiger partial charge >= 0.3 is 5.97 Å². The first kappa shape index (κ1) is 21.7. The summed E-state index contributed by atoms with van der Waals surface area (Å²) in [5.74, 6) is 2.59. The van der Waals surface area contributed by atoms with Crippen molar-refractivity contribution in [3.8, 4) is 0 Å². The Hall–Kier alpha value is -1.49. The van der Waals surface area contributed by atoms with Crippen LogP contribution in [0.3, 0.4) is 0 Å². The molecule has 0 saturated heterocycles. The minimum atomic E-state index is -0.297. The van der Waals surface area contributed by atoms with Crippen molar-refractivity contribution in [1.82, 2.24) is 4.90 Å². The summed E-state index contributed by atoms with van der Waals surface area (Å²) in [7, 11) is 3.71. The SMILES string of the molecule is CC(=NOC(=O)CN(C)C)[C@H]1CC[C@H]2[C@@H]3CCC4=CC(=O)CC[C@]4(C)[C@H]3CC[C@]12C. The molecule has 0 radical (unpaired) electrons. The highest BCUT2D eigenvalue weighted by Gasteiger charge is 2.59. The van der Waals surface area contributed by atoms with E-state index < -0.39 is 0 Å². The molecule has 3 fully saturated rings. The van der Waals surface area contributed by atoms with Gasteiger partial charge in [0, 0.05) is 12.3 Å². The molecule has 4 aliphatic rings. The Morgan fingerprint density at radius 1 is 1.13 bits per heavy atom. The molecule has 0 aromatic heterocycles. The van der Waals surface area contributed by atoms with Gasteiger partial charge in [0.2, 0.25) is 0 Å². The fourth-order valence-corrected chi connectivity index (χ4v) is 7.72. The summed E-state index contributed by atoms with van der Waals surface area (Å²) < 4.78 is 0. The van der Waals surface area contributed by atoms with Gasteiger partial charge in [-0.2, -0.15) is 0 Å². The van der Waals surface area contributed by atoms with Crippen LogP contribution in [-0.2, 0) is 14.4 Å². The number of rotatable bonds is 4. The summed E-state index contributed by atoms with van der Waals surface area (Å²) in [4.78, 5) is 30.9. The highest BCUT2D eigenvalue weighted by atomic mass is 16.7. The number of allylic oxidation sites excluding steroid dienone is 1. The lowest BCUT2D eigenvalue weighted by atomic mass is 9.46. The van der Waals surface area contributed by atoms with Crippen LogP contribution < -0.4 is 0 Å². The molecular weight excluding hydrogens is 376 g/mol. The fraction of sp³-hybridized carbons (Fsp3) is 0.800. The molecule has 0 aromatic rings. The molecule has 0 N–H and O–H groups in total. The smallest absolute Gasteiger partial charge is 0.317 e. The van der Waals surface area contributed by atoms with E-state index in [1.165, 1.54) is 31.3 Å². The second-order valence-corrected chi connectivity index (χ2v) is 11.1. The second-order valence-electron chi connectivity index (χ2n) is 11.1. The Morgan fingerprint density at radius 2 is 1.90 bits per heavy atom. The highest BCUT2D eigenvalue weighted by molar-refractivity contribution is 5.91. The van der Waals surface area contributed by atoms with Crippen LogP contribution >= 0.6 is 0 Å². The van der Waals surface area contributed by atoms with Gasteiger partial charge in [-0.1, -0.05) is 24.6 Å². The van der Waals surface area contributed by atoms with Crippen molar-refractivity contribution in [3.63, 3.8) is 0 Å². The molecule has 0 spiro atoms. The summed E-state index contributed by atoms with van der Waals surface area (Å²) in [5, 5.41) is 4.28. The maximum Gasteiger partial charge on any atom is 0.348 e. The topological polar surface area (TPSA) is 59.0 Å². The van der Waals surface area contributed by atoms with Gasteiger partial charge in [-0.15, -0.1) is 0 Å². The number of hydrogen-bond donors (Lipinski definition) is 0. The Kier molecular flexibility index (Phi) is 5.71. The van der Waals surface area contributed by atoms with Crippen molar-refractivity contribution in [2.24, 2.45) is 39.7 Å². The molecule has 3 saturated carbocycles. The molecule has 0 heterocycles. The van der Waals surface area contributed by atoms with Gasteiger partial charge in [0.1, 0.15) is 0 Å². The lowest BCUT2D eigenvalue weighted by molar-refractivity contribution is -0.144. The summed E-state index contributed by atoms with van der Waals surface area (Å²) in [6.07, 6.45) is 10.9. The highest BCUT2D eigenvalue weighted by Crippen LogP contribution is 2.66. The third-order valence-electron chi connectivity index (χ3n) is 9.20. The third kappa shape index (κ3) is 3.57. The van der Waals surface area contributed by atoms with Crippen LogP contribution in [0.5, 0.6) is 0 Å². The number of fused-ring (bicyclic) bond motifs is 5. The van der Waals surface area contributed by atoms with Crippen molar-refractivity contribution in [1.29, 1.82) is 0 Å². The van der Waals surface area contributed by atoms with Gasteiger partial charge in [-0.25, -0.2) is 4.79 Å². The van der Waals surface area contributed by atoms with Gasteiger partial charge in [-0.3, -0.25) is 9.69 Å². The Morgan fingerprint density at radius 3 is 2.63 bits per heavy atom. The Labute approximate surface area is 181 Å². The first-order valence-corrected chi connectivity index (χ1v) is 11.8. The predicted octanol–water partition coefficient (Wildman–Crippen LogP) is 4.62. The second kappa shape index (κ2) is 7.89. The average molecular weight is 415 g/mol. The minimum Gasteiger partial charge on any atom is -0.317 e. The monoisotopic (exact) mass is 414 g/mol. The molecule has 4 aliphatic carbocycles. The van der Waals surface area contributed by atoms with Crippen molar-refractivity contribution in [2.45, 2.75) is 72.1 Å². The molecule has 30 heavy (non-hydrogen) atoms. The number of nitrogens with zero attached hydrogens (tertiary/aromatic N) is 2. The van der Waals surface area contributed by atoms with Crippen LogP contribution in [0, 0.1) is 34.5 Å². The third-order valence-corrected chi connectivity index (χ3v) is 9.20. The molecule has 0 bridgehead atoms. The average Bonchev–Trinajstić information content (AvgIpc) is 3.03. The Bertz CT molecular complexity index is 785. The van der Waals surface area contributed by atoms with Gasteiger partial charge in [0.15, 0.2) is 5.78 Å². The normalized spacial score (nSPS) is 41.1. The van der Waals surface area contributed by atoms with E-state index in [1.54, 1.807) is 4.90 Å². The molecule has 166 valence electrons. The molecule has 0 amide bonds. The number of hydrogen-bond acceptors (Lipinski definition) is 5. The maximum absolute atomic E-state index is 12.0. The number of carbonyl (C=O) groups excluding carboxylic acids is 2. The zero-order valence-electron chi connectivity index (χ0n) is 19.4. The van der Waals surface area contributed by atoms with Crippen molar-refractivity contribution >= 4 is 17.5 Å². The first-order valence-electron chi connectivity index (χ1n) is 11.8. The summed E-state index contributed by atoms with van der Waals surface area (Å²) in [5.41, 5.74) is 2.88. The maximum atomic E-state index is 12.0. The molecule has 0 unspecified atom stereocenters. The zero-order chi connectivity index (χ0) is 21.7. The van der Waals surface area contributed by atoms with Gasteiger partial charge in [0.05, 0.1) is 12.3 Å². The van der Waals surface area contributed by atoms with E-state index in [9.17, 15) is 9.59 Å². The van der Waals surface area contributed by atoms with Crippen LogP contribution in [0.1, 0.15) is 72.1 Å². The van der Waals surface area contributed by atoms with Crippen LogP contribution in [0.2, 0.25) is 0 Å². The van der Waals surface area contributed by atoms with Gasteiger partial charge in [0.25, 0.3) is 0 Å². The van der Waals surface area contributed by atoms with E-state index in [0.29, 0.717) is 23.5 Å². The van der Waals surface area contributed by atoms with E-state index in [4.69, 9.17) is 4.84 Å². The summed E-state index contributed by atoms with van der Waals surface area (Å²) >= 11 is 0. The number of likely N-dealkylation sites (N-methyl/N-ethyl adjacent to an activating group) is 1. The fourth-order valence-electron chi connectivity index (χ4n) is 7.72. The zero-order valence-corrected chi connectivity index (χ0v) is 19.4. The van der Waals surface area contributed by atoms with Crippen molar-refractivity contribution in [2.75, 3.05) is 20.6 Å². The molecule has 4 rings (SSSR count). The molecule has 5 nitrogen and oxygen atoms in total. The van der Waals surface area contributed by atoms with Crippen molar-refractivity contribution in [3.05, 3.63) is 11.6 Å². The number of oxime groups is 1. The number of carbonyl (C=O) groups is 2. The molecular formula is C25H38N2O3. The van der Waals surface area contributed by atoms with Crippen molar-refractivity contribution < 1.29 is 14.4 Å². The van der Waals surface area contributed by atoms with Gasteiger partial charge in [-0.05, 0) is 101 Å². The lowest BCUT2D eigenvalue weighted by Gasteiger charge is -2.58. The standard InChI is InChI=1S/C25H38N2O3/c1-16(26-30-23(29)15-27(4)5)20-8-9-21-19-7-6-17-14-18(28)10-12-24(17,2)22(19)11-13-25(20,21)3/h14,19-22H,6-13,15H2,1-5H3/t19-,20+,21-,22-,24-,25+/m0/s1. The van der Waals surface area contributed by atoms with Crippen LogP contribution in [0.15, 0.2) is 16.8 Å². The molecule has 5 heteroatoms. The van der Waals surface area contributed by atoms with Crippen LogP contribution in [0.4, 0.5) is 0 Å². The van der Waals surface area contributed by atoms with Gasteiger partial charge < -0.3 is 4.84 Å². The first-order chi connectivity index (χ1) is 14.1. The predicted molar refractivity (Wildman–Crippen MR) is 118 cm³/mol. The number of ketones is 1. The van der Waals surface area contributed by atoms with E-state index >= 15 is 0 Å². The van der Waals surface area contributed by atoms with E-state index in [2.05, 4.69) is 19.0 Å². The summed E-state index contributed by atoms with van der Waals surface area (Å²) in [6.45, 7) is 7.20. The quantitative estimate of drug-likeness (QED) is 0.383. The van der Waals surface area contributed by atoms with Crippen LogP contribution in [0.25, 0.3) is 0 Å². The van der Waals surface area contributed by atoms with E-state index in [-0.39, 0.29) is 23.3 Å². The largest absolute Gasteiger partial charge is 0.348 e. The molecule has 6 atom stereocenters.